The lowest BCUT2D eigenvalue weighted by atomic mass is 10.1. The van der Waals surface area contributed by atoms with Gasteiger partial charge in [0, 0.05) is 12.5 Å². The molecular formula is C12H19N9O2. The molecule has 0 aromatic carbocycles. The van der Waals surface area contributed by atoms with E-state index in [0.717, 1.165) is 0 Å². The molecule has 3 rings (SSSR count). The fourth-order valence-corrected chi connectivity index (χ4v) is 2.31. The molecule has 3 N–H and O–H groups in total. The Kier molecular flexibility index (Phi) is 4.30. The zero-order valence-electron chi connectivity index (χ0n) is 13.1. The third kappa shape index (κ3) is 3.19. The van der Waals surface area contributed by atoms with E-state index in [4.69, 9.17) is 4.42 Å². The van der Waals surface area contributed by atoms with Crippen molar-refractivity contribution in [2.24, 2.45) is 5.92 Å². The van der Waals surface area contributed by atoms with Crippen LogP contribution in [0, 0.1) is 5.92 Å². The molecule has 2 aromatic heterocycles. The first-order valence-electron chi connectivity index (χ1n) is 7.40. The first kappa shape index (κ1) is 15.5. The van der Waals surface area contributed by atoms with Crippen LogP contribution in [0.25, 0.3) is 0 Å². The number of hydrogen-bond acceptors (Lipinski definition) is 9. The standard InChI is InChI=1S/C12H19N9O2/c1-6(2)11-17-18-12(23-11)7(3)15-10(22)8-4-13-16-9(8)21-5-14-19-20-21/h5-9,13,16H,4H2,1-3H3,(H,15,22). The summed E-state index contributed by atoms with van der Waals surface area (Å²) >= 11 is 0. The first-order valence-corrected chi connectivity index (χ1v) is 7.40. The van der Waals surface area contributed by atoms with E-state index < -0.39 is 0 Å². The van der Waals surface area contributed by atoms with E-state index in [2.05, 4.69) is 41.9 Å². The van der Waals surface area contributed by atoms with Gasteiger partial charge in [0.15, 0.2) is 0 Å². The number of hydrazine groups is 1. The quantitative estimate of drug-likeness (QED) is 0.651. The minimum atomic E-state index is -0.377. The largest absolute Gasteiger partial charge is 0.423 e. The van der Waals surface area contributed by atoms with E-state index in [1.54, 1.807) is 6.92 Å². The Morgan fingerprint density at radius 2 is 2.17 bits per heavy atom. The summed E-state index contributed by atoms with van der Waals surface area (Å²) in [5.74, 6) is 0.566. The number of carbonyl (C=O) groups is 1. The van der Waals surface area contributed by atoms with Crippen molar-refractivity contribution in [1.82, 2.24) is 46.6 Å². The van der Waals surface area contributed by atoms with Gasteiger partial charge in [0.25, 0.3) is 0 Å². The lowest BCUT2D eigenvalue weighted by Crippen LogP contribution is -2.38. The predicted molar refractivity (Wildman–Crippen MR) is 76.4 cm³/mol. The lowest BCUT2D eigenvalue weighted by Gasteiger charge is -2.19. The van der Waals surface area contributed by atoms with E-state index in [9.17, 15) is 4.79 Å². The molecule has 11 nitrogen and oxygen atoms in total. The number of rotatable bonds is 5. The second-order valence-electron chi connectivity index (χ2n) is 5.73. The maximum Gasteiger partial charge on any atom is 0.238 e. The third-order valence-electron chi connectivity index (χ3n) is 3.62. The van der Waals surface area contributed by atoms with Crippen molar-refractivity contribution in [2.45, 2.75) is 38.9 Å². The molecule has 2 aromatic rings. The molecule has 124 valence electrons. The van der Waals surface area contributed by atoms with Crippen LogP contribution < -0.4 is 16.2 Å². The van der Waals surface area contributed by atoms with Crippen molar-refractivity contribution in [3.8, 4) is 0 Å². The molecule has 3 heterocycles. The summed E-state index contributed by atoms with van der Waals surface area (Å²) in [4.78, 5) is 12.5. The van der Waals surface area contributed by atoms with Gasteiger partial charge in [0.2, 0.25) is 17.7 Å². The molecule has 0 radical (unpaired) electrons. The van der Waals surface area contributed by atoms with E-state index in [-0.39, 0.29) is 30.0 Å². The van der Waals surface area contributed by atoms with Crippen LogP contribution >= 0.6 is 0 Å². The Labute approximate surface area is 132 Å². The van der Waals surface area contributed by atoms with Gasteiger partial charge in [-0.2, -0.15) is 0 Å². The van der Waals surface area contributed by atoms with Gasteiger partial charge in [-0.3, -0.25) is 10.2 Å². The van der Waals surface area contributed by atoms with Crippen molar-refractivity contribution < 1.29 is 9.21 Å². The summed E-state index contributed by atoms with van der Waals surface area (Å²) in [6.45, 7) is 6.20. The second kappa shape index (κ2) is 6.38. The predicted octanol–water partition coefficient (Wildman–Crippen LogP) is -0.720. The Balaban J connectivity index is 1.65. The number of hydrogen-bond donors (Lipinski definition) is 3. The van der Waals surface area contributed by atoms with Gasteiger partial charge in [0.1, 0.15) is 18.5 Å². The highest BCUT2D eigenvalue weighted by Crippen LogP contribution is 2.20. The zero-order valence-corrected chi connectivity index (χ0v) is 13.1. The summed E-state index contributed by atoms with van der Waals surface area (Å²) in [6, 6.07) is -0.377. The Morgan fingerprint density at radius 1 is 1.39 bits per heavy atom. The molecule has 1 aliphatic heterocycles. The van der Waals surface area contributed by atoms with Crippen LogP contribution in [0.3, 0.4) is 0 Å². The molecule has 1 aliphatic rings. The highest BCUT2D eigenvalue weighted by molar-refractivity contribution is 5.80. The highest BCUT2D eigenvalue weighted by atomic mass is 16.4. The fraction of sp³-hybridized carbons (Fsp3) is 0.667. The second-order valence-corrected chi connectivity index (χ2v) is 5.73. The van der Waals surface area contributed by atoms with E-state index >= 15 is 0 Å². The molecule has 1 saturated heterocycles. The Hall–Kier alpha value is -2.40. The molecular weight excluding hydrogens is 302 g/mol. The van der Waals surface area contributed by atoms with Crippen molar-refractivity contribution >= 4 is 5.91 Å². The van der Waals surface area contributed by atoms with Crippen LogP contribution in [0.4, 0.5) is 0 Å². The van der Waals surface area contributed by atoms with Gasteiger partial charge in [-0.25, -0.2) is 10.1 Å². The van der Waals surface area contributed by atoms with Crippen LogP contribution in [-0.4, -0.2) is 42.9 Å². The van der Waals surface area contributed by atoms with Gasteiger partial charge >= 0.3 is 0 Å². The van der Waals surface area contributed by atoms with Gasteiger partial charge in [-0.1, -0.05) is 13.8 Å². The van der Waals surface area contributed by atoms with E-state index in [0.29, 0.717) is 18.3 Å². The smallest absolute Gasteiger partial charge is 0.238 e. The summed E-state index contributed by atoms with van der Waals surface area (Å²) < 4.78 is 7.06. The van der Waals surface area contributed by atoms with Crippen LogP contribution in [0.5, 0.6) is 0 Å². The van der Waals surface area contributed by atoms with Crippen LogP contribution in [-0.2, 0) is 4.79 Å². The minimum Gasteiger partial charge on any atom is -0.423 e. The molecule has 1 fully saturated rings. The Bertz CT molecular complexity index is 653. The zero-order chi connectivity index (χ0) is 16.4. The Morgan fingerprint density at radius 3 is 2.83 bits per heavy atom. The van der Waals surface area contributed by atoms with Crippen LogP contribution in [0.1, 0.15) is 50.7 Å². The van der Waals surface area contributed by atoms with Crippen LogP contribution in [0.2, 0.25) is 0 Å². The maximum atomic E-state index is 12.5. The van der Waals surface area contributed by atoms with Crippen LogP contribution in [0.15, 0.2) is 10.7 Å². The topological polar surface area (TPSA) is 136 Å². The van der Waals surface area contributed by atoms with Gasteiger partial charge in [-0.15, -0.1) is 15.3 Å². The number of nitrogens with zero attached hydrogens (tertiary/aromatic N) is 6. The molecule has 0 saturated carbocycles. The molecule has 3 atom stereocenters. The molecule has 3 unspecified atom stereocenters. The summed E-state index contributed by atoms with van der Waals surface area (Å²) in [5.41, 5.74) is 5.93. The molecule has 0 aliphatic carbocycles. The minimum absolute atomic E-state index is 0.145. The third-order valence-corrected chi connectivity index (χ3v) is 3.62. The maximum absolute atomic E-state index is 12.5. The highest BCUT2D eigenvalue weighted by Gasteiger charge is 2.36. The lowest BCUT2D eigenvalue weighted by molar-refractivity contribution is -0.126. The van der Waals surface area contributed by atoms with Gasteiger partial charge in [0.05, 0.1) is 5.92 Å². The van der Waals surface area contributed by atoms with Crippen molar-refractivity contribution in [2.75, 3.05) is 6.54 Å². The molecule has 23 heavy (non-hydrogen) atoms. The van der Waals surface area contributed by atoms with Gasteiger partial charge in [-0.05, 0) is 17.4 Å². The summed E-state index contributed by atoms with van der Waals surface area (Å²) in [5, 5.41) is 21.8. The van der Waals surface area contributed by atoms with E-state index in [1.807, 2.05) is 13.8 Å². The van der Waals surface area contributed by atoms with E-state index in [1.165, 1.54) is 11.0 Å². The molecule has 1 amide bonds. The summed E-state index contributed by atoms with van der Waals surface area (Å²) in [7, 11) is 0. The normalized spacial score (nSPS) is 22.4. The fourth-order valence-electron chi connectivity index (χ4n) is 2.31. The monoisotopic (exact) mass is 321 g/mol. The average Bonchev–Trinajstić information content (AvgIpc) is 3.26. The van der Waals surface area contributed by atoms with Crippen molar-refractivity contribution in [1.29, 1.82) is 0 Å². The number of carbonyl (C=O) groups excluding carboxylic acids is 1. The SMILES string of the molecule is CC(C)c1nnc(C(C)NC(=O)C2CNNC2n2cnnn2)o1. The summed E-state index contributed by atoms with van der Waals surface area (Å²) in [6.07, 6.45) is 1.10. The molecule has 0 bridgehead atoms. The average molecular weight is 321 g/mol. The number of tetrazole rings is 1. The molecule has 0 spiro atoms. The molecule has 11 heteroatoms. The number of aromatic nitrogens is 6. The van der Waals surface area contributed by atoms with Crippen molar-refractivity contribution in [3.63, 3.8) is 0 Å². The van der Waals surface area contributed by atoms with Crippen molar-refractivity contribution in [3.05, 3.63) is 18.1 Å². The number of nitrogens with one attached hydrogen (secondary N) is 3. The first-order chi connectivity index (χ1) is 11.1. The number of amides is 1. The van der Waals surface area contributed by atoms with Gasteiger partial charge < -0.3 is 9.73 Å².